The van der Waals surface area contributed by atoms with Crippen LogP contribution < -0.4 is 0 Å². The minimum absolute atomic E-state index is 0.0759. The van der Waals surface area contributed by atoms with E-state index in [2.05, 4.69) is 0 Å². The van der Waals surface area contributed by atoms with Gasteiger partial charge in [-0.2, -0.15) is 0 Å². The fraction of sp³-hybridized carbons (Fsp3) is 0.600. The number of rotatable bonds is 4. The van der Waals surface area contributed by atoms with Crippen LogP contribution in [0.1, 0.15) is 30.7 Å². The quantitative estimate of drug-likeness (QED) is 0.774. The van der Waals surface area contributed by atoms with E-state index in [0.717, 1.165) is 31.4 Å². The lowest BCUT2D eigenvalue weighted by Gasteiger charge is -2.48. The maximum absolute atomic E-state index is 12.7. The third-order valence-electron chi connectivity index (χ3n) is 5.68. The smallest absolute Gasteiger partial charge is 0.409 e. The number of carbonyl (C=O) groups is 2. The molecule has 2 amide bonds. The van der Waals surface area contributed by atoms with Gasteiger partial charge in [-0.05, 0) is 30.2 Å². The van der Waals surface area contributed by atoms with Gasteiger partial charge in [0.2, 0.25) is 5.91 Å². The van der Waals surface area contributed by atoms with Gasteiger partial charge in [0.1, 0.15) is 6.61 Å². The number of hydrogen-bond acceptors (Lipinski definition) is 4. The molecule has 0 unspecified atom stereocenters. The number of likely N-dealkylation sites (N-methyl/N-ethyl adjacent to an activating group) is 1. The van der Waals surface area contributed by atoms with Crippen LogP contribution in [-0.2, 0) is 14.3 Å². The summed E-state index contributed by atoms with van der Waals surface area (Å²) in [4.78, 5) is 28.5. The molecule has 0 bridgehead atoms. The van der Waals surface area contributed by atoms with Crippen molar-refractivity contribution in [2.45, 2.75) is 25.2 Å². The summed E-state index contributed by atoms with van der Waals surface area (Å²) in [6.45, 7) is 2.81. The Hall–Kier alpha value is -2.08. The topological polar surface area (TPSA) is 59.1 Å². The molecule has 26 heavy (non-hydrogen) atoms. The molecule has 6 heteroatoms. The molecule has 2 saturated heterocycles. The Morgan fingerprint density at radius 1 is 1.19 bits per heavy atom. The highest BCUT2D eigenvalue weighted by Gasteiger charge is 2.45. The van der Waals surface area contributed by atoms with Crippen molar-refractivity contribution in [1.82, 2.24) is 9.80 Å². The van der Waals surface area contributed by atoms with Gasteiger partial charge in [0.15, 0.2) is 0 Å². The van der Waals surface area contributed by atoms with Crippen molar-refractivity contribution in [3.63, 3.8) is 0 Å². The minimum atomic E-state index is -0.267. The van der Waals surface area contributed by atoms with E-state index >= 15 is 0 Å². The summed E-state index contributed by atoms with van der Waals surface area (Å²) in [6, 6.07) is 10.0. The number of amides is 2. The molecule has 2 fully saturated rings. The van der Waals surface area contributed by atoms with Crippen LogP contribution in [0, 0.1) is 5.41 Å². The van der Waals surface area contributed by atoms with Gasteiger partial charge < -0.3 is 19.3 Å². The van der Waals surface area contributed by atoms with E-state index in [1.807, 2.05) is 42.3 Å². The molecule has 6 nitrogen and oxygen atoms in total. The zero-order valence-electron chi connectivity index (χ0n) is 15.6. The molecule has 1 aromatic rings. The largest absolute Gasteiger partial charge is 0.447 e. The van der Waals surface area contributed by atoms with Crippen LogP contribution >= 0.6 is 0 Å². The predicted octanol–water partition coefficient (Wildman–Crippen LogP) is 2.50. The summed E-state index contributed by atoms with van der Waals surface area (Å²) in [6.07, 6.45) is 2.38. The van der Waals surface area contributed by atoms with Gasteiger partial charge in [-0.15, -0.1) is 0 Å². The van der Waals surface area contributed by atoms with Gasteiger partial charge in [-0.25, -0.2) is 4.79 Å². The number of hydrogen-bond donors (Lipinski definition) is 0. The lowest BCUT2D eigenvalue weighted by atomic mass is 9.68. The van der Waals surface area contributed by atoms with Crippen LogP contribution in [0.25, 0.3) is 0 Å². The molecule has 0 radical (unpaired) electrons. The molecule has 0 aromatic heterocycles. The van der Waals surface area contributed by atoms with Gasteiger partial charge in [-0.1, -0.05) is 30.3 Å². The van der Waals surface area contributed by atoms with Crippen LogP contribution in [0.15, 0.2) is 30.3 Å². The standard InChI is InChI=1S/C20H28N2O4/c1-21-15-20(14-17(18(21)23)16-6-4-3-5-7-16)8-10-22(11-9-20)19(24)26-13-12-25-2/h3-7,17H,8-15H2,1-2H3/t17-/m1/s1. The molecule has 0 N–H and O–H groups in total. The number of carbonyl (C=O) groups excluding carboxylic acids is 2. The highest BCUT2D eigenvalue weighted by molar-refractivity contribution is 5.84. The van der Waals surface area contributed by atoms with Gasteiger partial charge in [0, 0.05) is 33.8 Å². The fourth-order valence-corrected chi connectivity index (χ4v) is 4.21. The summed E-state index contributed by atoms with van der Waals surface area (Å²) < 4.78 is 10.1. The molecule has 3 rings (SSSR count). The van der Waals surface area contributed by atoms with E-state index in [1.165, 1.54) is 0 Å². The molecule has 0 saturated carbocycles. The van der Waals surface area contributed by atoms with E-state index in [0.29, 0.717) is 19.7 Å². The first kappa shape index (κ1) is 18.7. The van der Waals surface area contributed by atoms with Crippen LogP contribution in [0.5, 0.6) is 0 Å². The highest BCUT2D eigenvalue weighted by Crippen LogP contribution is 2.45. The predicted molar refractivity (Wildman–Crippen MR) is 97.9 cm³/mol. The molecule has 1 aromatic carbocycles. The van der Waals surface area contributed by atoms with Crippen molar-refractivity contribution >= 4 is 12.0 Å². The van der Waals surface area contributed by atoms with Gasteiger partial charge in [0.25, 0.3) is 0 Å². The molecule has 2 aliphatic rings. The third-order valence-corrected chi connectivity index (χ3v) is 5.68. The normalized spacial score (nSPS) is 22.5. The Balaban J connectivity index is 1.64. The van der Waals surface area contributed by atoms with E-state index in [1.54, 1.807) is 12.0 Å². The minimum Gasteiger partial charge on any atom is -0.447 e. The molecular formula is C20H28N2O4. The molecule has 142 valence electrons. The molecule has 2 heterocycles. The first-order chi connectivity index (χ1) is 12.5. The van der Waals surface area contributed by atoms with Crippen molar-refractivity contribution in [1.29, 1.82) is 0 Å². The second-order valence-electron chi connectivity index (χ2n) is 7.46. The molecule has 2 aliphatic heterocycles. The molecular weight excluding hydrogens is 332 g/mol. The maximum atomic E-state index is 12.7. The van der Waals surface area contributed by atoms with Crippen molar-refractivity contribution < 1.29 is 19.1 Å². The Labute approximate surface area is 155 Å². The molecule has 0 aliphatic carbocycles. The number of piperidine rings is 2. The van der Waals surface area contributed by atoms with Crippen LogP contribution in [-0.4, -0.2) is 68.8 Å². The molecule has 1 spiro atoms. The van der Waals surface area contributed by atoms with E-state index < -0.39 is 0 Å². The van der Waals surface area contributed by atoms with Gasteiger partial charge in [0.05, 0.1) is 12.5 Å². The Bertz CT molecular complexity index is 626. The number of likely N-dealkylation sites (tertiary alicyclic amines) is 2. The summed E-state index contributed by atoms with van der Waals surface area (Å²) in [5.74, 6) is 0.110. The lowest BCUT2D eigenvalue weighted by molar-refractivity contribution is -0.139. The zero-order valence-corrected chi connectivity index (χ0v) is 15.6. The highest BCUT2D eigenvalue weighted by atomic mass is 16.6. The zero-order chi connectivity index (χ0) is 18.6. The second-order valence-corrected chi connectivity index (χ2v) is 7.46. The number of nitrogens with zero attached hydrogens (tertiary/aromatic N) is 2. The average Bonchev–Trinajstić information content (AvgIpc) is 2.66. The maximum Gasteiger partial charge on any atom is 0.409 e. The van der Waals surface area contributed by atoms with E-state index in [4.69, 9.17) is 9.47 Å². The SMILES string of the molecule is COCCOC(=O)N1CCC2(CC1)C[C@H](c1ccccc1)C(=O)N(C)C2. The van der Waals surface area contributed by atoms with Crippen molar-refractivity contribution in [3.8, 4) is 0 Å². The van der Waals surface area contributed by atoms with Gasteiger partial charge >= 0.3 is 6.09 Å². The van der Waals surface area contributed by atoms with Crippen molar-refractivity contribution in [3.05, 3.63) is 35.9 Å². The first-order valence-electron chi connectivity index (χ1n) is 9.25. The van der Waals surface area contributed by atoms with Crippen molar-refractivity contribution in [2.24, 2.45) is 5.41 Å². The lowest BCUT2D eigenvalue weighted by Crippen LogP contribution is -2.53. The Kier molecular flexibility index (Phi) is 5.81. The number of methoxy groups -OCH3 is 1. The summed E-state index contributed by atoms with van der Waals surface area (Å²) >= 11 is 0. The van der Waals surface area contributed by atoms with Crippen LogP contribution in [0.4, 0.5) is 4.79 Å². The second kappa shape index (κ2) is 8.08. The summed E-state index contributed by atoms with van der Waals surface area (Å²) in [7, 11) is 3.48. The van der Waals surface area contributed by atoms with Crippen LogP contribution in [0.2, 0.25) is 0 Å². The third kappa shape index (κ3) is 4.01. The summed E-state index contributed by atoms with van der Waals surface area (Å²) in [5, 5.41) is 0. The van der Waals surface area contributed by atoms with E-state index in [-0.39, 0.29) is 29.9 Å². The Morgan fingerprint density at radius 2 is 1.88 bits per heavy atom. The first-order valence-corrected chi connectivity index (χ1v) is 9.25. The van der Waals surface area contributed by atoms with Crippen molar-refractivity contribution in [2.75, 3.05) is 47.0 Å². The molecule has 1 atom stereocenters. The average molecular weight is 360 g/mol. The monoisotopic (exact) mass is 360 g/mol. The number of benzene rings is 1. The Morgan fingerprint density at radius 3 is 2.54 bits per heavy atom. The fourth-order valence-electron chi connectivity index (χ4n) is 4.21. The van der Waals surface area contributed by atoms with E-state index in [9.17, 15) is 9.59 Å². The van der Waals surface area contributed by atoms with Crippen LogP contribution in [0.3, 0.4) is 0 Å². The summed E-state index contributed by atoms with van der Waals surface area (Å²) in [5.41, 5.74) is 1.16. The van der Waals surface area contributed by atoms with Gasteiger partial charge in [-0.3, -0.25) is 4.79 Å². The number of ether oxygens (including phenoxy) is 2.